The SMILES string of the molecule is CC1=CC(=O)C=C(C)C1=NC(=O)c1ccccc1Br. The molecule has 1 aromatic carbocycles. The average molecular weight is 318 g/mol. The lowest BCUT2D eigenvalue weighted by Gasteiger charge is -2.11. The van der Waals surface area contributed by atoms with Crippen LogP contribution in [-0.4, -0.2) is 17.4 Å². The molecule has 0 fully saturated rings. The second-order valence-corrected chi connectivity index (χ2v) is 5.16. The molecule has 0 saturated heterocycles. The molecule has 0 heterocycles. The summed E-state index contributed by atoms with van der Waals surface area (Å²) in [6.07, 6.45) is 2.97. The Hall–Kier alpha value is -1.81. The number of hydrogen-bond acceptors (Lipinski definition) is 2. The van der Waals surface area contributed by atoms with Crippen LogP contribution in [0.2, 0.25) is 0 Å². The van der Waals surface area contributed by atoms with Crippen LogP contribution in [0.4, 0.5) is 0 Å². The number of rotatable bonds is 1. The van der Waals surface area contributed by atoms with E-state index in [1.807, 2.05) is 6.07 Å². The quantitative estimate of drug-likeness (QED) is 0.744. The number of carbonyl (C=O) groups excluding carboxylic acids is 2. The van der Waals surface area contributed by atoms with Crippen molar-refractivity contribution in [1.82, 2.24) is 0 Å². The summed E-state index contributed by atoms with van der Waals surface area (Å²) >= 11 is 3.33. The number of nitrogens with zero attached hydrogens (tertiary/aromatic N) is 1. The molecule has 0 aliphatic heterocycles. The van der Waals surface area contributed by atoms with E-state index in [1.54, 1.807) is 32.0 Å². The zero-order chi connectivity index (χ0) is 14.0. The van der Waals surface area contributed by atoms with Crippen LogP contribution in [0.1, 0.15) is 24.2 Å². The van der Waals surface area contributed by atoms with Crippen molar-refractivity contribution in [2.75, 3.05) is 0 Å². The number of carbonyl (C=O) groups is 2. The van der Waals surface area contributed by atoms with Gasteiger partial charge in [-0.05, 0) is 65.2 Å². The maximum absolute atomic E-state index is 12.1. The van der Waals surface area contributed by atoms with Crippen LogP contribution in [0.5, 0.6) is 0 Å². The standard InChI is InChI=1S/C15H12BrNO2/c1-9-7-11(18)8-10(2)14(9)17-15(19)12-5-3-4-6-13(12)16/h3-8H,1-2H3. The van der Waals surface area contributed by atoms with Crippen LogP contribution in [0.25, 0.3) is 0 Å². The summed E-state index contributed by atoms with van der Waals surface area (Å²) in [4.78, 5) is 27.6. The van der Waals surface area contributed by atoms with E-state index < -0.39 is 0 Å². The fraction of sp³-hybridized carbons (Fsp3) is 0.133. The van der Waals surface area contributed by atoms with Crippen LogP contribution in [0.3, 0.4) is 0 Å². The van der Waals surface area contributed by atoms with Crippen molar-refractivity contribution < 1.29 is 9.59 Å². The summed E-state index contributed by atoms with van der Waals surface area (Å²) in [5, 5.41) is 0. The van der Waals surface area contributed by atoms with E-state index in [2.05, 4.69) is 20.9 Å². The first kappa shape index (κ1) is 13.6. The van der Waals surface area contributed by atoms with E-state index in [4.69, 9.17) is 0 Å². The summed E-state index contributed by atoms with van der Waals surface area (Å²) in [5.74, 6) is -0.389. The first-order valence-corrected chi connectivity index (χ1v) is 6.57. The van der Waals surface area contributed by atoms with E-state index >= 15 is 0 Å². The zero-order valence-corrected chi connectivity index (χ0v) is 12.2. The molecule has 1 aromatic rings. The van der Waals surface area contributed by atoms with Gasteiger partial charge >= 0.3 is 0 Å². The Morgan fingerprint density at radius 1 is 1.11 bits per heavy atom. The highest BCUT2D eigenvalue weighted by Crippen LogP contribution is 2.19. The first-order chi connectivity index (χ1) is 8.99. The Balaban J connectivity index is 2.40. The highest BCUT2D eigenvalue weighted by Gasteiger charge is 2.16. The molecule has 1 aliphatic rings. The first-order valence-electron chi connectivity index (χ1n) is 5.78. The third-order valence-electron chi connectivity index (χ3n) is 2.78. The van der Waals surface area contributed by atoms with Crippen molar-refractivity contribution in [1.29, 1.82) is 0 Å². The van der Waals surface area contributed by atoms with Gasteiger partial charge in [-0.15, -0.1) is 0 Å². The number of allylic oxidation sites excluding steroid dienone is 4. The van der Waals surface area contributed by atoms with Crippen LogP contribution < -0.4 is 0 Å². The second-order valence-electron chi connectivity index (χ2n) is 4.30. The molecule has 19 heavy (non-hydrogen) atoms. The number of ketones is 1. The topological polar surface area (TPSA) is 46.5 Å². The highest BCUT2D eigenvalue weighted by atomic mass is 79.9. The minimum atomic E-state index is -0.322. The lowest BCUT2D eigenvalue weighted by atomic mass is 9.97. The average Bonchev–Trinajstić information content (AvgIpc) is 2.34. The molecule has 0 atom stereocenters. The summed E-state index contributed by atoms with van der Waals surface area (Å²) in [6, 6.07) is 7.13. The highest BCUT2D eigenvalue weighted by molar-refractivity contribution is 9.10. The molecule has 96 valence electrons. The van der Waals surface area contributed by atoms with Gasteiger partial charge in [0.15, 0.2) is 5.78 Å². The number of hydrogen-bond donors (Lipinski definition) is 0. The minimum Gasteiger partial charge on any atom is -0.290 e. The Morgan fingerprint density at radius 2 is 1.68 bits per heavy atom. The Kier molecular flexibility index (Phi) is 3.90. The summed E-state index contributed by atoms with van der Waals surface area (Å²) in [6.45, 7) is 3.56. The molecule has 3 nitrogen and oxygen atoms in total. The molecule has 1 aliphatic carbocycles. The van der Waals surface area contributed by atoms with Crippen LogP contribution in [0.15, 0.2) is 57.0 Å². The molecule has 0 spiro atoms. The number of benzene rings is 1. The molecule has 1 amide bonds. The van der Waals surface area contributed by atoms with Gasteiger partial charge in [0.1, 0.15) is 0 Å². The number of halogens is 1. The molecule has 4 heteroatoms. The van der Waals surface area contributed by atoms with Crippen molar-refractivity contribution in [2.45, 2.75) is 13.8 Å². The van der Waals surface area contributed by atoms with E-state index in [-0.39, 0.29) is 11.7 Å². The molecule has 0 N–H and O–H groups in total. The van der Waals surface area contributed by atoms with Gasteiger partial charge in [-0.25, -0.2) is 4.99 Å². The van der Waals surface area contributed by atoms with Crippen molar-refractivity contribution >= 4 is 33.3 Å². The van der Waals surface area contributed by atoms with E-state index in [1.165, 1.54) is 12.2 Å². The lowest BCUT2D eigenvalue weighted by Crippen LogP contribution is -2.13. The van der Waals surface area contributed by atoms with Gasteiger partial charge in [-0.3, -0.25) is 9.59 Å². The van der Waals surface area contributed by atoms with Crippen molar-refractivity contribution in [3.05, 3.63) is 57.6 Å². The maximum atomic E-state index is 12.1. The van der Waals surface area contributed by atoms with Gasteiger partial charge in [0.05, 0.1) is 11.3 Å². The van der Waals surface area contributed by atoms with E-state index in [0.29, 0.717) is 26.9 Å². The van der Waals surface area contributed by atoms with Crippen molar-refractivity contribution in [3.8, 4) is 0 Å². The minimum absolute atomic E-state index is 0.0673. The number of aliphatic imine (C=N–C) groups is 1. The predicted octanol–water partition coefficient (Wildman–Crippen LogP) is 3.51. The van der Waals surface area contributed by atoms with Crippen LogP contribution in [0, 0.1) is 0 Å². The third kappa shape index (κ3) is 2.96. The summed E-state index contributed by atoms with van der Waals surface area (Å²) in [7, 11) is 0. The molecular formula is C15H12BrNO2. The fourth-order valence-electron chi connectivity index (χ4n) is 1.89. The zero-order valence-electron chi connectivity index (χ0n) is 10.6. The summed E-state index contributed by atoms with van der Waals surface area (Å²) in [5.41, 5.74) is 2.50. The predicted molar refractivity (Wildman–Crippen MR) is 78.4 cm³/mol. The van der Waals surface area contributed by atoms with Gasteiger partial charge in [-0.2, -0.15) is 0 Å². The van der Waals surface area contributed by atoms with Crippen LogP contribution in [-0.2, 0) is 4.79 Å². The molecule has 0 bridgehead atoms. The molecule has 0 radical (unpaired) electrons. The van der Waals surface area contributed by atoms with Gasteiger partial charge in [0, 0.05) is 4.47 Å². The number of amides is 1. The van der Waals surface area contributed by atoms with Gasteiger partial charge in [0.25, 0.3) is 5.91 Å². The van der Waals surface area contributed by atoms with Gasteiger partial charge in [0.2, 0.25) is 0 Å². The second kappa shape index (κ2) is 5.45. The monoisotopic (exact) mass is 317 g/mol. The van der Waals surface area contributed by atoms with Gasteiger partial charge in [-0.1, -0.05) is 12.1 Å². The smallest absolute Gasteiger partial charge is 0.278 e. The van der Waals surface area contributed by atoms with E-state index in [0.717, 1.165) is 0 Å². The molecule has 0 aromatic heterocycles. The maximum Gasteiger partial charge on any atom is 0.278 e. The Labute approximate surface area is 119 Å². The molecule has 2 rings (SSSR count). The lowest BCUT2D eigenvalue weighted by molar-refractivity contribution is -0.110. The van der Waals surface area contributed by atoms with Crippen LogP contribution >= 0.6 is 15.9 Å². The normalized spacial score (nSPS) is 14.9. The molecule has 0 unspecified atom stereocenters. The van der Waals surface area contributed by atoms with Crippen molar-refractivity contribution in [3.63, 3.8) is 0 Å². The molecular weight excluding hydrogens is 306 g/mol. The molecule has 0 saturated carbocycles. The third-order valence-corrected chi connectivity index (χ3v) is 3.47. The summed E-state index contributed by atoms with van der Waals surface area (Å²) < 4.78 is 0.708. The van der Waals surface area contributed by atoms with E-state index in [9.17, 15) is 9.59 Å². The Bertz CT molecular complexity index is 630. The van der Waals surface area contributed by atoms with Crippen molar-refractivity contribution in [2.24, 2.45) is 4.99 Å². The largest absolute Gasteiger partial charge is 0.290 e. The van der Waals surface area contributed by atoms with Gasteiger partial charge < -0.3 is 0 Å². The fourth-order valence-corrected chi connectivity index (χ4v) is 2.34. The Morgan fingerprint density at radius 3 is 2.26 bits per heavy atom.